The summed E-state index contributed by atoms with van der Waals surface area (Å²) in [4.78, 5) is 75.8. The van der Waals surface area contributed by atoms with Crippen LogP contribution in [0, 0.1) is 35.5 Å². The Bertz CT molecular complexity index is 2150. The number of ether oxygens (including phenoxy) is 7. The van der Waals surface area contributed by atoms with Gasteiger partial charge in [0, 0.05) is 90.6 Å². The highest BCUT2D eigenvalue weighted by molar-refractivity contribution is 6.39. The van der Waals surface area contributed by atoms with Crippen molar-refractivity contribution in [1.82, 2.24) is 20.0 Å². The number of aliphatic hydroxyl groups is 4. The molecule has 4 aliphatic heterocycles. The second-order valence-electron chi connectivity index (χ2n) is 24.3. The Hall–Kier alpha value is -3.93. The molecular formula is C62H102N4O16. The van der Waals surface area contributed by atoms with Gasteiger partial charge in [0.05, 0.1) is 50.8 Å². The van der Waals surface area contributed by atoms with E-state index < -0.39 is 108 Å². The summed E-state index contributed by atoms with van der Waals surface area (Å²) in [6.07, 6.45) is 8.18. The molecule has 20 heteroatoms. The number of methoxy groups -OCH3 is 2. The molecule has 20 nitrogen and oxygen atoms in total. The Balaban J connectivity index is 1.28. The van der Waals surface area contributed by atoms with Gasteiger partial charge in [0.1, 0.15) is 30.5 Å². The maximum Gasteiger partial charge on any atom is 0.407 e. The first-order chi connectivity index (χ1) is 39.1. The molecule has 4 heterocycles. The van der Waals surface area contributed by atoms with Gasteiger partial charge in [-0.15, -0.1) is 0 Å². The minimum atomic E-state index is -2.46. The van der Waals surface area contributed by atoms with E-state index in [1.165, 1.54) is 4.90 Å². The lowest BCUT2D eigenvalue weighted by Gasteiger charge is -2.43. The molecule has 5 rings (SSSR count). The molecule has 0 aromatic heterocycles. The van der Waals surface area contributed by atoms with Crippen molar-refractivity contribution in [1.29, 1.82) is 0 Å². The predicted molar refractivity (Wildman–Crippen MR) is 309 cm³/mol. The molecule has 5 N–H and O–H groups in total. The molecule has 0 aromatic carbocycles. The van der Waals surface area contributed by atoms with Gasteiger partial charge in [0.15, 0.2) is 5.78 Å². The topological polar surface area (TPSA) is 253 Å². The highest BCUT2D eigenvalue weighted by Gasteiger charge is 2.53. The Morgan fingerprint density at radius 1 is 0.793 bits per heavy atom. The number of carbonyl (C=O) groups is 5. The van der Waals surface area contributed by atoms with Gasteiger partial charge in [-0.2, -0.15) is 0 Å². The SMILES string of the molecule is CO[C@H]1C[C@@H]2CC[C@@H](C)[C@@](O)(O2)C(=O)C(=O)N2CCCC[C@H]2C(=O)O[C@H]([C@H](C)C[C@@H]2CC[C@@H](OC(=O)NCCOCCOCCN3CCN(C)CC3)[C@H](OC)C2)C[C@@H](O)[C@H](C)/C=C(\C)[C@@H](O)[C@@H](O)C(=O)[C@H](C)C[C@H](C)/C=C/C=C/C=C/1C. The molecule has 2 bridgehead atoms. The number of likely N-dealkylation sites (N-methyl/N-ethyl adjacent to an activating group) is 1. The number of nitrogens with one attached hydrogen (secondary N) is 1. The smallest absolute Gasteiger partial charge is 0.407 e. The molecular weight excluding hydrogens is 1060 g/mol. The quantitative estimate of drug-likeness (QED) is 0.0601. The van der Waals surface area contributed by atoms with Crippen LogP contribution in [0.15, 0.2) is 47.6 Å². The third-order valence-electron chi connectivity index (χ3n) is 17.7. The number of cyclic esters (lactones) is 1. The number of amides is 2. The molecule has 4 fully saturated rings. The summed E-state index contributed by atoms with van der Waals surface area (Å²) in [6, 6.07) is -1.17. The van der Waals surface area contributed by atoms with Crippen LogP contribution >= 0.6 is 0 Å². The van der Waals surface area contributed by atoms with Crippen molar-refractivity contribution < 1.29 is 77.6 Å². The molecule has 466 valence electrons. The molecule has 0 unspecified atom stereocenters. The maximum atomic E-state index is 14.6. The highest BCUT2D eigenvalue weighted by Crippen LogP contribution is 2.38. The van der Waals surface area contributed by atoms with E-state index >= 15 is 0 Å². The number of alkyl carbamates (subject to hydrolysis) is 1. The Labute approximate surface area is 488 Å². The summed E-state index contributed by atoms with van der Waals surface area (Å²) in [6.45, 7) is 19.7. The number of carbonyl (C=O) groups excluding carboxylic acids is 5. The number of hydrogen-bond acceptors (Lipinski definition) is 18. The normalized spacial score (nSPS) is 36.9. The molecule has 16 atom stereocenters. The van der Waals surface area contributed by atoms with Crippen LogP contribution < -0.4 is 5.32 Å². The van der Waals surface area contributed by atoms with Crippen molar-refractivity contribution in [3.8, 4) is 0 Å². The third kappa shape index (κ3) is 20.7. The summed E-state index contributed by atoms with van der Waals surface area (Å²) in [5, 5.41) is 49.2. The number of fused-ring (bicyclic) bond motifs is 3. The van der Waals surface area contributed by atoms with Crippen LogP contribution in [-0.2, 0) is 52.3 Å². The van der Waals surface area contributed by atoms with Gasteiger partial charge in [-0.05, 0) is 114 Å². The summed E-state index contributed by atoms with van der Waals surface area (Å²) in [5.41, 5.74) is 1.14. The molecule has 0 radical (unpaired) electrons. The van der Waals surface area contributed by atoms with Crippen molar-refractivity contribution in [3.63, 3.8) is 0 Å². The van der Waals surface area contributed by atoms with E-state index in [4.69, 9.17) is 33.2 Å². The van der Waals surface area contributed by atoms with Crippen molar-refractivity contribution >= 4 is 29.5 Å². The highest BCUT2D eigenvalue weighted by atomic mass is 16.6. The van der Waals surface area contributed by atoms with Gasteiger partial charge in [0.2, 0.25) is 5.79 Å². The molecule has 82 heavy (non-hydrogen) atoms. The third-order valence-corrected chi connectivity index (χ3v) is 17.7. The number of esters is 1. The fraction of sp³-hybridized carbons (Fsp3) is 0.790. The van der Waals surface area contributed by atoms with E-state index in [0.717, 1.165) is 38.3 Å². The average molecular weight is 1160 g/mol. The fourth-order valence-electron chi connectivity index (χ4n) is 12.1. The van der Waals surface area contributed by atoms with E-state index in [-0.39, 0.29) is 49.3 Å². The van der Waals surface area contributed by atoms with Crippen LogP contribution in [0.25, 0.3) is 0 Å². The minimum absolute atomic E-state index is 0.0315. The predicted octanol–water partition coefficient (Wildman–Crippen LogP) is 5.33. The first kappa shape index (κ1) is 68.8. The Kier molecular flexibility index (Phi) is 28.8. The number of rotatable bonds is 15. The molecule has 1 saturated carbocycles. The second kappa shape index (κ2) is 34.3. The Morgan fingerprint density at radius 3 is 2.22 bits per heavy atom. The summed E-state index contributed by atoms with van der Waals surface area (Å²) < 4.78 is 41.6. The summed E-state index contributed by atoms with van der Waals surface area (Å²) in [5.74, 6) is -8.25. The van der Waals surface area contributed by atoms with Crippen LogP contribution in [0.4, 0.5) is 4.79 Å². The van der Waals surface area contributed by atoms with Gasteiger partial charge in [-0.1, -0.05) is 71.1 Å². The van der Waals surface area contributed by atoms with Gasteiger partial charge in [-0.25, -0.2) is 9.59 Å². The van der Waals surface area contributed by atoms with Crippen molar-refractivity contribution in [2.75, 3.05) is 93.5 Å². The number of aliphatic hydroxyl groups excluding tert-OH is 3. The number of piperidine rings is 1. The van der Waals surface area contributed by atoms with E-state index in [0.29, 0.717) is 90.6 Å². The number of ketones is 2. The molecule has 5 aliphatic rings. The number of piperazine rings is 1. The number of nitrogens with zero attached hydrogens (tertiary/aromatic N) is 3. The molecule has 1 aliphatic carbocycles. The summed E-state index contributed by atoms with van der Waals surface area (Å²) in [7, 11) is 5.27. The number of hydrogen-bond donors (Lipinski definition) is 5. The first-order valence-corrected chi connectivity index (χ1v) is 30.4. The maximum absolute atomic E-state index is 14.6. The van der Waals surface area contributed by atoms with E-state index in [1.54, 1.807) is 48.0 Å². The van der Waals surface area contributed by atoms with Gasteiger partial charge >= 0.3 is 12.1 Å². The molecule has 0 spiro atoms. The van der Waals surface area contributed by atoms with E-state index in [9.17, 15) is 44.4 Å². The van der Waals surface area contributed by atoms with Crippen LogP contribution in [0.1, 0.15) is 126 Å². The zero-order chi connectivity index (χ0) is 60.1. The molecule has 3 saturated heterocycles. The monoisotopic (exact) mass is 1160 g/mol. The number of Topliss-reactive ketones (excluding diaryl/α,β-unsaturated/α-hetero) is 2. The van der Waals surface area contributed by atoms with Crippen LogP contribution in [0.3, 0.4) is 0 Å². The minimum Gasteiger partial charge on any atom is -0.460 e. The summed E-state index contributed by atoms with van der Waals surface area (Å²) >= 11 is 0. The van der Waals surface area contributed by atoms with Gasteiger partial charge < -0.3 is 68.7 Å². The first-order valence-electron chi connectivity index (χ1n) is 30.4. The number of allylic oxidation sites excluding steroid dienone is 5. The van der Waals surface area contributed by atoms with Crippen LogP contribution in [0.2, 0.25) is 0 Å². The van der Waals surface area contributed by atoms with Crippen molar-refractivity contribution in [3.05, 3.63) is 47.6 Å². The second-order valence-corrected chi connectivity index (χ2v) is 24.3. The molecule has 2 amide bonds. The van der Waals surface area contributed by atoms with Gasteiger partial charge in [-0.3, -0.25) is 19.3 Å². The largest absolute Gasteiger partial charge is 0.460 e. The van der Waals surface area contributed by atoms with Crippen LogP contribution in [0.5, 0.6) is 0 Å². The average Bonchev–Trinajstić information content (AvgIpc) is 3.57. The fourth-order valence-corrected chi connectivity index (χ4v) is 12.1. The van der Waals surface area contributed by atoms with Crippen molar-refractivity contribution in [2.45, 2.75) is 186 Å². The lowest BCUT2D eigenvalue weighted by atomic mass is 9.78. The van der Waals surface area contributed by atoms with Crippen LogP contribution in [-0.4, -0.2) is 219 Å². The Morgan fingerprint density at radius 2 is 1.51 bits per heavy atom. The van der Waals surface area contributed by atoms with Gasteiger partial charge in [0.25, 0.3) is 11.7 Å². The standard InChI is InChI=1S/C62H102N4O16/c1-40-16-12-11-13-17-41(2)52(76-9)38-48-21-19-46(7)62(75,82-48)58(71)59(72)66-24-15-14-18-49(66)60(73)80-53(39-50(67)42(3)35-45(6)56(69)57(70)55(68)44(5)34-40)43(4)36-47-20-22-51(54(37-47)77-10)81-61(74)63-23-30-78-32-33-79-31-29-65-27-25-64(8)26-28-65/h11-13,16-17,35,40,42-44,46-54,56-57,67,69-70,75H,14-15,18-34,36-39H2,1-10H3,(H,63,74)/b13-11+,16-12+,41-17+,45-35+/t40-,42-,43-,44-,46-,47+,48+,49+,50-,51-,52+,53+,54-,56-,57+,62-/m1/s1. The van der Waals surface area contributed by atoms with Crippen molar-refractivity contribution in [2.24, 2.45) is 35.5 Å². The zero-order valence-electron chi connectivity index (χ0n) is 50.9. The van der Waals surface area contributed by atoms with E-state index in [2.05, 4.69) is 22.2 Å². The molecule has 0 aromatic rings. The lowest BCUT2D eigenvalue weighted by Crippen LogP contribution is -2.61. The van der Waals surface area contributed by atoms with E-state index in [1.807, 2.05) is 51.2 Å². The zero-order valence-corrected chi connectivity index (χ0v) is 50.9. The lowest BCUT2D eigenvalue weighted by molar-refractivity contribution is -0.265.